The number of benzene rings is 1. The highest BCUT2D eigenvalue weighted by molar-refractivity contribution is 7.89. The molecule has 31 heavy (non-hydrogen) atoms. The second-order valence-corrected chi connectivity index (χ2v) is 11.1. The van der Waals surface area contributed by atoms with Crippen LogP contribution in [0.25, 0.3) is 0 Å². The van der Waals surface area contributed by atoms with E-state index in [2.05, 4.69) is 24.0 Å². The van der Waals surface area contributed by atoms with E-state index in [1.54, 1.807) is 34.9 Å². The summed E-state index contributed by atoms with van der Waals surface area (Å²) in [6.45, 7) is 6.59. The van der Waals surface area contributed by atoms with Gasteiger partial charge in [0, 0.05) is 44.7 Å². The van der Waals surface area contributed by atoms with Crippen LogP contribution < -0.4 is 0 Å². The molecule has 1 amide bonds. The molecule has 1 aromatic heterocycles. The second kappa shape index (κ2) is 8.70. The van der Waals surface area contributed by atoms with Crippen LogP contribution in [-0.4, -0.2) is 64.5 Å². The Morgan fingerprint density at radius 2 is 1.65 bits per heavy atom. The number of amides is 1. The Morgan fingerprint density at radius 1 is 1.03 bits per heavy atom. The van der Waals surface area contributed by atoms with Crippen molar-refractivity contribution >= 4 is 15.9 Å². The lowest BCUT2D eigenvalue weighted by molar-refractivity contribution is 0.0710. The number of carbonyl (C=O) groups is 1. The highest BCUT2D eigenvalue weighted by Gasteiger charge is 2.32. The third-order valence-corrected chi connectivity index (χ3v) is 8.31. The molecule has 1 aromatic carbocycles. The van der Waals surface area contributed by atoms with E-state index in [9.17, 15) is 13.2 Å². The van der Waals surface area contributed by atoms with E-state index in [1.807, 2.05) is 16.5 Å². The predicted molar refractivity (Wildman–Crippen MR) is 117 cm³/mol. The molecule has 2 aromatic rings. The zero-order valence-corrected chi connectivity index (χ0v) is 19.3. The number of hydrogen-bond donors (Lipinski definition) is 0. The van der Waals surface area contributed by atoms with Crippen molar-refractivity contribution in [1.82, 2.24) is 24.0 Å². The highest BCUT2D eigenvalue weighted by atomic mass is 32.2. The lowest BCUT2D eigenvalue weighted by atomic mass is 9.94. The Kier molecular flexibility index (Phi) is 6.16. The quantitative estimate of drug-likeness (QED) is 0.722. The molecule has 2 atom stereocenters. The normalized spacial score (nSPS) is 23.8. The number of piperidine rings is 2. The number of rotatable bonds is 4. The van der Waals surface area contributed by atoms with Gasteiger partial charge in [-0.3, -0.25) is 4.79 Å². The van der Waals surface area contributed by atoms with E-state index >= 15 is 0 Å². The fourth-order valence-electron chi connectivity index (χ4n) is 4.91. The summed E-state index contributed by atoms with van der Waals surface area (Å²) >= 11 is 0. The number of hydrogen-bond acceptors (Lipinski definition) is 5. The number of aryl methyl sites for hydroxylation is 1. The maximum absolute atomic E-state index is 13.1. The van der Waals surface area contributed by atoms with Crippen molar-refractivity contribution in [2.45, 2.75) is 43.9 Å². The molecule has 0 bridgehead atoms. The number of nitrogens with zero attached hydrogens (tertiary/aromatic N) is 5. The van der Waals surface area contributed by atoms with Gasteiger partial charge in [0.2, 0.25) is 10.0 Å². The van der Waals surface area contributed by atoms with Crippen molar-refractivity contribution < 1.29 is 13.2 Å². The van der Waals surface area contributed by atoms with Gasteiger partial charge in [-0.2, -0.15) is 4.31 Å². The second-order valence-electron chi connectivity index (χ2n) is 9.16. The Bertz CT molecular complexity index is 1020. The van der Waals surface area contributed by atoms with Crippen molar-refractivity contribution in [2.24, 2.45) is 18.9 Å². The molecule has 0 N–H and O–H groups in total. The molecule has 2 saturated heterocycles. The van der Waals surface area contributed by atoms with Crippen LogP contribution in [-0.2, 0) is 17.1 Å². The van der Waals surface area contributed by atoms with E-state index in [-0.39, 0.29) is 10.8 Å². The molecule has 2 aliphatic heterocycles. The van der Waals surface area contributed by atoms with Gasteiger partial charge in [0.1, 0.15) is 12.2 Å². The molecule has 0 saturated carbocycles. The molecule has 0 unspecified atom stereocenters. The molecule has 0 radical (unpaired) electrons. The molecule has 2 aliphatic rings. The molecule has 2 fully saturated rings. The number of likely N-dealkylation sites (tertiary alicyclic amines) is 1. The van der Waals surface area contributed by atoms with E-state index < -0.39 is 10.0 Å². The third kappa shape index (κ3) is 4.52. The molecule has 9 heteroatoms. The molecular formula is C22H31N5O3S. The first-order valence-electron chi connectivity index (χ1n) is 11.0. The zero-order valence-electron chi connectivity index (χ0n) is 18.4. The zero-order chi connectivity index (χ0) is 22.2. The van der Waals surface area contributed by atoms with Crippen molar-refractivity contribution in [3.05, 3.63) is 42.0 Å². The summed E-state index contributed by atoms with van der Waals surface area (Å²) in [7, 11) is -1.60. The minimum Gasteiger partial charge on any atom is -0.339 e. The molecule has 168 valence electrons. The third-order valence-electron chi connectivity index (χ3n) is 6.47. The van der Waals surface area contributed by atoms with Crippen LogP contribution >= 0.6 is 0 Å². The van der Waals surface area contributed by atoms with Gasteiger partial charge >= 0.3 is 0 Å². The first-order valence-corrected chi connectivity index (χ1v) is 12.4. The lowest BCUT2D eigenvalue weighted by Crippen LogP contribution is -2.42. The predicted octanol–water partition coefficient (Wildman–Crippen LogP) is 2.50. The van der Waals surface area contributed by atoms with Crippen molar-refractivity contribution in [1.29, 1.82) is 0 Å². The largest absolute Gasteiger partial charge is 0.339 e. The standard InChI is InChI=1S/C22H31N5O3S/c1-16-12-17(2)14-27(13-16)31(29,30)20-6-4-19(5-7-20)22(28)26-10-8-18(9-11-26)21-24-23-15-25(21)3/h4-7,15-18H,8-14H2,1-3H3/t16-,17+. The van der Waals surface area contributed by atoms with Gasteiger partial charge in [0.05, 0.1) is 4.90 Å². The topological polar surface area (TPSA) is 88.4 Å². The Labute approximate surface area is 184 Å². The van der Waals surface area contributed by atoms with Crippen LogP contribution in [0.15, 0.2) is 35.5 Å². The van der Waals surface area contributed by atoms with Crippen molar-refractivity contribution in [3.63, 3.8) is 0 Å². The molecule has 4 rings (SSSR count). The van der Waals surface area contributed by atoms with Crippen LogP contribution in [0.1, 0.15) is 55.2 Å². The monoisotopic (exact) mass is 445 g/mol. The van der Waals surface area contributed by atoms with E-state index in [0.717, 1.165) is 25.1 Å². The summed E-state index contributed by atoms with van der Waals surface area (Å²) < 4.78 is 29.6. The minimum absolute atomic E-state index is 0.0550. The maximum atomic E-state index is 13.1. The average molecular weight is 446 g/mol. The van der Waals surface area contributed by atoms with Crippen LogP contribution in [0.5, 0.6) is 0 Å². The van der Waals surface area contributed by atoms with E-state index in [4.69, 9.17) is 0 Å². The van der Waals surface area contributed by atoms with Crippen molar-refractivity contribution in [3.8, 4) is 0 Å². The maximum Gasteiger partial charge on any atom is 0.253 e. The highest BCUT2D eigenvalue weighted by Crippen LogP contribution is 2.28. The smallest absolute Gasteiger partial charge is 0.253 e. The van der Waals surface area contributed by atoms with Gasteiger partial charge in [0.15, 0.2) is 0 Å². The Hall–Kier alpha value is -2.26. The summed E-state index contributed by atoms with van der Waals surface area (Å²) in [6, 6.07) is 6.42. The first-order chi connectivity index (χ1) is 14.8. The van der Waals surface area contributed by atoms with Crippen LogP contribution in [0, 0.1) is 11.8 Å². The summed E-state index contributed by atoms with van der Waals surface area (Å²) in [5.74, 6) is 1.91. The average Bonchev–Trinajstić information content (AvgIpc) is 3.18. The molecule has 0 aliphatic carbocycles. The molecule has 0 spiro atoms. The Balaban J connectivity index is 1.41. The SMILES string of the molecule is C[C@@H]1C[C@H](C)CN(S(=O)(=O)c2ccc(C(=O)N3CCC(c4nncn4C)CC3)cc2)C1. The summed E-state index contributed by atoms with van der Waals surface area (Å²) in [6.07, 6.45) is 4.44. The first kappa shape index (κ1) is 22.0. The summed E-state index contributed by atoms with van der Waals surface area (Å²) in [4.78, 5) is 15.0. The van der Waals surface area contributed by atoms with Gasteiger partial charge in [0.25, 0.3) is 5.91 Å². The molecular weight excluding hydrogens is 414 g/mol. The fraction of sp³-hybridized carbons (Fsp3) is 0.591. The molecule has 8 nitrogen and oxygen atoms in total. The van der Waals surface area contributed by atoms with Crippen molar-refractivity contribution in [2.75, 3.05) is 26.2 Å². The molecule has 3 heterocycles. The van der Waals surface area contributed by atoms with Gasteiger partial charge in [-0.05, 0) is 55.4 Å². The van der Waals surface area contributed by atoms with Gasteiger partial charge < -0.3 is 9.47 Å². The fourth-order valence-corrected chi connectivity index (χ4v) is 6.59. The number of carbonyl (C=O) groups excluding carboxylic acids is 1. The van der Waals surface area contributed by atoms with Gasteiger partial charge in [-0.15, -0.1) is 10.2 Å². The Morgan fingerprint density at radius 3 is 2.19 bits per heavy atom. The minimum atomic E-state index is -3.54. The summed E-state index contributed by atoms with van der Waals surface area (Å²) in [5, 5.41) is 8.15. The van der Waals surface area contributed by atoms with E-state index in [1.165, 1.54) is 0 Å². The van der Waals surface area contributed by atoms with Gasteiger partial charge in [-0.1, -0.05) is 13.8 Å². The number of sulfonamides is 1. The number of aromatic nitrogens is 3. The van der Waals surface area contributed by atoms with E-state index in [0.29, 0.717) is 49.5 Å². The lowest BCUT2D eigenvalue weighted by Gasteiger charge is -2.34. The van der Waals surface area contributed by atoms with Crippen LogP contribution in [0.3, 0.4) is 0 Å². The van der Waals surface area contributed by atoms with Crippen LogP contribution in [0.4, 0.5) is 0 Å². The van der Waals surface area contributed by atoms with Crippen LogP contribution in [0.2, 0.25) is 0 Å². The summed E-state index contributed by atoms with van der Waals surface area (Å²) in [5.41, 5.74) is 0.524. The van der Waals surface area contributed by atoms with Gasteiger partial charge in [-0.25, -0.2) is 8.42 Å².